The van der Waals surface area contributed by atoms with Crippen LogP contribution in [0.5, 0.6) is 0 Å². The van der Waals surface area contributed by atoms with Crippen molar-refractivity contribution < 1.29 is 0 Å². The van der Waals surface area contributed by atoms with Gasteiger partial charge in [-0.1, -0.05) is 19.9 Å². The quantitative estimate of drug-likeness (QED) is 0.483. The van der Waals surface area contributed by atoms with Gasteiger partial charge in [0.1, 0.15) is 0 Å². The van der Waals surface area contributed by atoms with Crippen molar-refractivity contribution in [2.24, 2.45) is 10.9 Å². The van der Waals surface area contributed by atoms with Crippen LogP contribution in [0.25, 0.3) is 0 Å². The zero-order chi connectivity index (χ0) is 13.5. The normalized spacial score (nSPS) is 12.8. The van der Waals surface area contributed by atoms with E-state index in [-0.39, 0.29) is 24.0 Å². The minimum Gasteiger partial charge on any atom is -0.354 e. The van der Waals surface area contributed by atoms with Crippen LogP contribution in [0, 0.1) is 12.8 Å². The first kappa shape index (κ1) is 18.1. The lowest BCUT2D eigenvalue weighted by Crippen LogP contribution is -2.44. The summed E-state index contributed by atoms with van der Waals surface area (Å²) in [5, 5.41) is 6.64. The number of pyridine rings is 1. The van der Waals surface area contributed by atoms with Crippen LogP contribution in [0.3, 0.4) is 0 Å². The lowest BCUT2D eigenvalue weighted by Gasteiger charge is -2.20. The number of guanidine groups is 1. The second-order valence-electron chi connectivity index (χ2n) is 4.87. The number of aliphatic imine (C=N–C) groups is 1. The number of halogens is 1. The molecule has 1 rings (SSSR count). The first-order chi connectivity index (χ1) is 8.52. The average Bonchev–Trinajstić information content (AvgIpc) is 2.34. The Hall–Kier alpha value is -0.850. The number of nitrogens with zero attached hydrogens (tertiary/aromatic N) is 2. The fourth-order valence-electron chi connectivity index (χ4n) is 1.45. The molecule has 1 unspecified atom stereocenters. The molecule has 1 atom stereocenters. The summed E-state index contributed by atoms with van der Waals surface area (Å²) in [7, 11) is 1.78. The Labute approximate surface area is 133 Å². The number of hydrogen-bond acceptors (Lipinski definition) is 2. The Balaban J connectivity index is 0.00000324. The highest BCUT2D eigenvalue weighted by atomic mass is 127. The third-order valence-corrected chi connectivity index (χ3v) is 2.97. The van der Waals surface area contributed by atoms with Crippen molar-refractivity contribution in [1.29, 1.82) is 0 Å². The molecule has 0 bridgehead atoms. The van der Waals surface area contributed by atoms with E-state index in [2.05, 4.69) is 41.4 Å². The van der Waals surface area contributed by atoms with Crippen molar-refractivity contribution >= 4 is 29.9 Å². The zero-order valence-corrected chi connectivity index (χ0v) is 14.7. The largest absolute Gasteiger partial charge is 0.354 e. The second kappa shape index (κ2) is 9.12. The molecule has 4 nitrogen and oxygen atoms in total. The van der Waals surface area contributed by atoms with Gasteiger partial charge in [0, 0.05) is 18.8 Å². The van der Waals surface area contributed by atoms with Gasteiger partial charge in [0.15, 0.2) is 5.96 Å². The Morgan fingerprint density at radius 1 is 1.32 bits per heavy atom. The molecule has 5 heteroatoms. The van der Waals surface area contributed by atoms with E-state index in [1.165, 1.54) is 0 Å². The van der Waals surface area contributed by atoms with Crippen LogP contribution in [-0.4, -0.2) is 24.0 Å². The summed E-state index contributed by atoms with van der Waals surface area (Å²) in [4.78, 5) is 8.66. The molecule has 1 aromatic heterocycles. The lowest BCUT2D eigenvalue weighted by molar-refractivity contribution is 0.480. The topological polar surface area (TPSA) is 49.3 Å². The van der Waals surface area contributed by atoms with Gasteiger partial charge in [-0.2, -0.15) is 0 Å². The molecule has 0 aliphatic heterocycles. The van der Waals surface area contributed by atoms with Crippen molar-refractivity contribution in [3.63, 3.8) is 0 Å². The predicted molar refractivity (Wildman–Crippen MR) is 92.0 cm³/mol. The Bertz CT molecular complexity index is 404. The fourth-order valence-corrected chi connectivity index (χ4v) is 1.45. The molecular formula is C14H25IN4. The van der Waals surface area contributed by atoms with Crippen LogP contribution in [-0.2, 0) is 6.54 Å². The maximum absolute atomic E-state index is 4.45. The molecule has 1 heterocycles. The molecule has 0 radical (unpaired) electrons. The monoisotopic (exact) mass is 376 g/mol. The highest BCUT2D eigenvalue weighted by Gasteiger charge is 2.08. The third kappa shape index (κ3) is 6.75. The van der Waals surface area contributed by atoms with E-state index in [4.69, 9.17) is 0 Å². The lowest BCUT2D eigenvalue weighted by atomic mass is 10.1. The van der Waals surface area contributed by atoms with E-state index in [1.807, 2.05) is 25.1 Å². The number of rotatable bonds is 4. The van der Waals surface area contributed by atoms with E-state index in [9.17, 15) is 0 Å². The molecule has 108 valence electrons. The van der Waals surface area contributed by atoms with Gasteiger partial charge in [-0.25, -0.2) is 0 Å². The van der Waals surface area contributed by atoms with E-state index < -0.39 is 0 Å². The first-order valence-electron chi connectivity index (χ1n) is 6.42. The number of aryl methyl sites for hydroxylation is 1. The van der Waals surface area contributed by atoms with Crippen LogP contribution < -0.4 is 10.6 Å². The summed E-state index contributed by atoms with van der Waals surface area (Å²) < 4.78 is 0. The standard InChI is InChI=1S/C14H24N4.HI/c1-10(2)12(4)18-14(15-5)16-9-13-8-6-7-11(3)17-13;/h6-8,10,12H,9H2,1-5H3,(H2,15,16,18);1H. The Kier molecular flexibility index (Phi) is 8.71. The van der Waals surface area contributed by atoms with E-state index in [0.717, 1.165) is 17.3 Å². The van der Waals surface area contributed by atoms with Gasteiger partial charge in [0.05, 0.1) is 12.2 Å². The molecule has 0 aliphatic rings. The minimum absolute atomic E-state index is 0. The number of nitrogens with one attached hydrogen (secondary N) is 2. The Morgan fingerprint density at radius 2 is 2.00 bits per heavy atom. The van der Waals surface area contributed by atoms with E-state index in [1.54, 1.807) is 7.05 Å². The summed E-state index contributed by atoms with van der Waals surface area (Å²) in [6.07, 6.45) is 0. The fraction of sp³-hybridized carbons (Fsp3) is 0.571. The Morgan fingerprint density at radius 3 is 2.53 bits per heavy atom. The molecule has 2 N–H and O–H groups in total. The summed E-state index contributed by atoms with van der Waals surface area (Å²) in [6, 6.07) is 6.42. The average molecular weight is 376 g/mol. The summed E-state index contributed by atoms with van der Waals surface area (Å²) in [5.41, 5.74) is 2.06. The highest BCUT2D eigenvalue weighted by Crippen LogP contribution is 2.00. The molecule has 0 aliphatic carbocycles. The molecule has 19 heavy (non-hydrogen) atoms. The molecule has 0 amide bonds. The van der Waals surface area contributed by atoms with Crippen molar-refractivity contribution in [2.75, 3.05) is 7.05 Å². The molecule has 0 spiro atoms. The van der Waals surface area contributed by atoms with Gasteiger partial charge in [-0.05, 0) is 31.9 Å². The summed E-state index contributed by atoms with van der Waals surface area (Å²) in [5.74, 6) is 1.39. The van der Waals surface area contributed by atoms with Crippen LogP contribution in [0.2, 0.25) is 0 Å². The molecule has 0 saturated carbocycles. The van der Waals surface area contributed by atoms with Gasteiger partial charge in [0.25, 0.3) is 0 Å². The van der Waals surface area contributed by atoms with Gasteiger partial charge in [-0.3, -0.25) is 9.98 Å². The van der Waals surface area contributed by atoms with Gasteiger partial charge >= 0.3 is 0 Å². The first-order valence-corrected chi connectivity index (χ1v) is 6.42. The number of aromatic nitrogens is 1. The molecule has 0 aromatic carbocycles. The third-order valence-electron chi connectivity index (χ3n) is 2.97. The van der Waals surface area contributed by atoms with E-state index >= 15 is 0 Å². The maximum atomic E-state index is 4.45. The van der Waals surface area contributed by atoms with Crippen LogP contribution in [0.4, 0.5) is 0 Å². The molecule has 0 saturated heterocycles. The molecule has 1 aromatic rings. The zero-order valence-electron chi connectivity index (χ0n) is 12.4. The van der Waals surface area contributed by atoms with Crippen molar-refractivity contribution in [2.45, 2.75) is 40.3 Å². The van der Waals surface area contributed by atoms with Crippen molar-refractivity contribution in [3.8, 4) is 0 Å². The van der Waals surface area contributed by atoms with E-state index in [0.29, 0.717) is 18.5 Å². The molecule has 0 fully saturated rings. The maximum Gasteiger partial charge on any atom is 0.191 e. The summed E-state index contributed by atoms with van der Waals surface area (Å²) in [6.45, 7) is 9.21. The van der Waals surface area contributed by atoms with Crippen LogP contribution in [0.1, 0.15) is 32.2 Å². The van der Waals surface area contributed by atoms with Crippen molar-refractivity contribution in [1.82, 2.24) is 15.6 Å². The minimum atomic E-state index is 0. The second-order valence-corrected chi connectivity index (χ2v) is 4.87. The van der Waals surface area contributed by atoms with Crippen molar-refractivity contribution in [3.05, 3.63) is 29.6 Å². The van der Waals surface area contributed by atoms with Gasteiger partial charge < -0.3 is 10.6 Å². The molecular weight excluding hydrogens is 351 g/mol. The van der Waals surface area contributed by atoms with Crippen LogP contribution >= 0.6 is 24.0 Å². The number of hydrogen-bond donors (Lipinski definition) is 2. The van der Waals surface area contributed by atoms with Gasteiger partial charge in [-0.15, -0.1) is 24.0 Å². The van der Waals surface area contributed by atoms with Crippen LogP contribution in [0.15, 0.2) is 23.2 Å². The SMILES string of the molecule is CN=C(NCc1cccc(C)n1)NC(C)C(C)C.I. The summed E-state index contributed by atoms with van der Waals surface area (Å²) >= 11 is 0. The van der Waals surface area contributed by atoms with Gasteiger partial charge in [0.2, 0.25) is 0 Å². The smallest absolute Gasteiger partial charge is 0.191 e. The predicted octanol–water partition coefficient (Wildman–Crippen LogP) is 2.72. The highest BCUT2D eigenvalue weighted by molar-refractivity contribution is 14.0.